The highest BCUT2D eigenvalue weighted by Crippen LogP contribution is 2.21. The van der Waals surface area contributed by atoms with E-state index in [2.05, 4.69) is 20.5 Å². The van der Waals surface area contributed by atoms with E-state index in [-0.39, 0.29) is 5.69 Å². The van der Waals surface area contributed by atoms with Gasteiger partial charge in [-0.1, -0.05) is 6.07 Å². The molecule has 2 heterocycles. The molecule has 0 aliphatic carbocycles. The Morgan fingerprint density at radius 1 is 1.17 bits per heavy atom. The SMILES string of the molecule is Fc1cccc(-n2nnnc2-c2cc[nH]c2)c1F. The predicted molar refractivity (Wildman–Crippen MR) is 58.9 cm³/mol. The smallest absolute Gasteiger partial charge is 0.188 e. The molecular formula is C11H7F2N5. The Bertz CT molecular complexity index is 675. The Morgan fingerprint density at radius 3 is 2.83 bits per heavy atom. The number of tetrazole rings is 1. The van der Waals surface area contributed by atoms with E-state index >= 15 is 0 Å². The molecule has 90 valence electrons. The summed E-state index contributed by atoms with van der Waals surface area (Å²) in [6, 6.07) is 5.58. The lowest BCUT2D eigenvalue weighted by Crippen LogP contribution is -2.03. The maximum absolute atomic E-state index is 13.7. The van der Waals surface area contributed by atoms with Crippen molar-refractivity contribution in [1.82, 2.24) is 25.2 Å². The highest BCUT2D eigenvalue weighted by Gasteiger charge is 2.16. The van der Waals surface area contributed by atoms with E-state index in [0.717, 1.165) is 10.7 Å². The summed E-state index contributed by atoms with van der Waals surface area (Å²) in [5.74, 6) is -1.59. The summed E-state index contributed by atoms with van der Waals surface area (Å²) in [4.78, 5) is 2.85. The summed E-state index contributed by atoms with van der Waals surface area (Å²) in [6.07, 6.45) is 3.36. The monoisotopic (exact) mass is 247 g/mol. The zero-order chi connectivity index (χ0) is 12.5. The van der Waals surface area contributed by atoms with Gasteiger partial charge in [0.15, 0.2) is 17.5 Å². The number of aromatic nitrogens is 5. The van der Waals surface area contributed by atoms with Gasteiger partial charge in [0.1, 0.15) is 5.69 Å². The standard InChI is InChI=1S/C11H7F2N5/c12-8-2-1-3-9(10(8)13)18-11(15-16-17-18)7-4-5-14-6-7/h1-6,14H. The third kappa shape index (κ3) is 1.56. The third-order valence-electron chi connectivity index (χ3n) is 2.49. The molecule has 5 nitrogen and oxygen atoms in total. The first-order valence-electron chi connectivity index (χ1n) is 5.13. The minimum Gasteiger partial charge on any atom is -0.367 e. The van der Waals surface area contributed by atoms with Crippen LogP contribution in [0, 0.1) is 11.6 Å². The average molecular weight is 247 g/mol. The minimum atomic E-state index is -0.985. The first-order valence-corrected chi connectivity index (χ1v) is 5.13. The first-order chi connectivity index (χ1) is 8.77. The van der Waals surface area contributed by atoms with Crippen LogP contribution in [0.1, 0.15) is 0 Å². The number of halogens is 2. The fraction of sp³-hybridized carbons (Fsp3) is 0. The Labute approximate surface area is 100 Å². The number of nitrogens with zero attached hydrogens (tertiary/aromatic N) is 4. The van der Waals surface area contributed by atoms with Crippen LogP contribution in [-0.4, -0.2) is 25.2 Å². The van der Waals surface area contributed by atoms with Crippen LogP contribution in [0.2, 0.25) is 0 Å². The van der Waals surface area contributed by atoms with Gasteiger partial charge in [0.2, 0.25) is 0 Å². The molecule has 3 rings (SSSR count). The van der Waals surface area contributed by atoms with Crippen LogP contribution in [0.5, 0.6) is 0 Å². The molecule has 0 aliphatic heterocycles. The molecule has 0 bridgehead atoms. The number of rotatable bonds is 2. The van der Waals surface area contributed by atoms with Crippen molar-refractivity contribution in [3.05, 3.63) is 48.3 Å². The fourth-order valence-corrected chi connectivity index (χ4v) is 1.65. The second kappa shape index (κ2) is 4.02. The van der Waals surface area contributed by atoms with Gasteiger partial charge in [0, 0.05) is 18.0 Å². The van der Waals surface area contributed by atoms with E-state index in [4.69, 9.17) is 0 Å². The van der Waals surface area contributed by atoms with Gasteiger partial charge in [-0.3, -0.25) is 0 Å². The molecule has 0 fully saturated rings. The summed E-state index contributed by atoms with van der Waals surface area (Å²) in [6.45, 7) is 0. The quantitative estimate of drug-likeness (QED) is 0.752. The number of aromatic amines is 1. The van der Waals surface area contributed by atoms with Crippen molar-refractivity contribution in [2.45, 2.75) is 0 Å². The van der Waals surface area contributed by atoms with E-state index in [1.165, 1.54) is 12.1 Å². The largest absolute Gasteiger partial charge is 0.367 e. The van der Waals surface area contributed by atoms with Crippen LogP contribution in [-0.2, 0) is 0 Å². The van der Waals surface area contributed by atoms with Crippen LogP contribution >= 0.6 is 0 Å². The highest BCUT2D eigenvalue weighted by atomic mass is 19.2. The molecule has 0 atom stereocenters. The molecule has 18 heavy (non-hydrogen) atoms. The molecule has 0 spiro atoms. The molecule has 0 unspecified atom stereocenters. The molecule has 1 aromatic carbocycles. The first kappa shape index (κ1) is 10.6. The Kier molecular flexibility index (Phi) is 2.36. The molecule has 0 saturated carbocycles. The Hall–Kier alpha value is -2.57. The summed E-state index contributed by atoms with van der Waals surface area (Å²) < 4.78 is 28.0. The number of nitrogens with one attached hydrogen (secondary N) is 1. The molecular weight excluding hydrogens is 240 g/mol. The van der Waals surface area contributed by atoms with Gasteiger partial charge < -0.3 is 4.98 Å². The second-order valence-corrected chi connectivity index (χ2v) is 3.59. The predicted octanol–water partition coefficient (Wildman–Crippen LogP) is 1.94. The van der Waals surface area contributed by atoms with Crippen molar-refractivity contribution in [2.24, 2.45) is 0 Å². The van der Waals surface area contributed by atoms with Gasteiger partial charge in [0.05, 0.1) is 0 Å². The summed E-state index contributed by atoms with van der Waals surface area (Å²) >= 11 is 0. The molecule has 0 radical (unpaired) electrons. The van der Waals surface area contributed by atoms with E-state index in [0.29, 0.717) is 11.4 Å². The molecule has 0 aliphatic rings. The summed E-state index contributed by atoms with van der Waals surface area (Å²) in [5.41, 5.74) is 0.653. The molecule has 7 heteroatoms. The van der Waals surface area contributed by atoms with E-state index in [1.54, 1.807) is 18.5 Å². The van der Waals surface area contributed by atoms with Crippen molar-refractivity contribution in [2.75, 3.05) is 0 Å². The van der Waals surface area contributed by atoms with Crippen LogP contribution in [0.25, 0.3) is 17.1 Å². The lowest BCUT2D eigenvalue weighted by atomic mass is 10.2. The van der Waals surface area contributed by atoms with Gasteiger partial charge in [-0.15, -0.1) is 5.10 Å². The van der Waals surface area contributed by atoms with Gasteiger partial charge in [0.25, 0.3) is 0 Å². The van der Waals surface area contributed by atoms with Gasteiger partial charge >= 0.3 is 0 Å². The molecule has 0 saturated heterocycles. The normalized spacial score (nSPS) is 10.8. The van der Waals surface area contributed by atoms with Crippen molar-refractivity contribution in [3.8, 4) is 17.1 Å². The van der Waals surface area contributed by atoms with Crippen molar-refractivity contribution < 1.29 is 8.78 Å². The van der Waals surface area contributed by atoms with Crippen molar-refractivity contribution in [3.63, 3.8) is 0 Å². The topological polar surface area (TPSA) is 59.4 Å². The van der Waals surface area contributed by atoms with Crippen LogP contribution in [0.3, 0.4) is 0 Å². The van der Waals surface area contributed by atoms with Crippen LogP contribution < -0.4 is 0 Å². The van der Waals surface area contributed by atoms with E-state index in [1.807, 2.05) is 0 Å². The zero-order valence-corrected chi connectivity index (χ0v) is 9.01. The van der Waals surface area contributed by atoms with Crippen LogP contribution in [0.15, 0.2) is 36.7 Å². The Balaban J connectivity index is 2.19. The lowest BCUT2D eigenvalue weighted by molar-refractivity contribution is 0.501. The third-order valence-corrected chi connectivity index (χ3v) is 2.49. The average Bonchev–Trinajstić information content (AvgIpc) is 3.01. The van der Waals surface area contributed by atoms with E-state index in [9.17, 15) is 8.78 Å². The molecule has 1 N–H and O–H groups in total. The van der Waals surface area contributed by atoms with Gasteiger partial charge in [-0.25, -0.2) is 8.78 Å². The van der Waals surface area contributed by atoms with Crippen molar-refractivity contribution >= 4 is 0 Å². The lowest BCUT2D eigenvalue weighted by Gasteiger charge is -2.04. The second-order valence-electron chi connectivity index (χ2n) is 3.59. The number of hydrogen-bond donors (Lipinski definition) is 1. The Morgan fingerprint density at radius 2 is 2.06 bits per heavy atom. The number of H-pyrrole nitrogens is 1. The number of benzene rings is 1. The minimum absolute atomic E-state index is 0.0313. The molecule has 2 aromatic heterocycles. The fourth-order valence-electron chi connectivity index (χ4n) is 1.65. The number of hydrogen-bond acceptors (Lipinski definition) is 3. The van der Waals surface area contributed by atoms with Crippen molar-refractivity contribution in [1.29, 1.82) is 0 Å². The van der Waals surface area contributed by atoms with Gasteiger partial charge in [-0.05, 0) is 28.6 Å². The molecule has 3 aromatic rings. The molecule has 0 amide bonds. The maximum Gasteiger partial charge on any atom is 0.188 e. The van der Waals surface area contributed by atoms with Gasteiger partial charge in [-0.2, -0.15) is 4.68 Å². The maximum atomic E-state index is 13.7. The summed E-state index contributed by atoms with van der Waals surface area (Å²) in [5, 5.41) is 11.0. The van der Waals surface area contributed by atoms with Crippen LogP contribution in [0.4, 0.5) is 8.78 Å². The zero-order valence-electron chi connectivity index (χ0n) is 9.01. The van der Waals surface area contributed by atoms with E-state index < -0.39 is 11.6 Å². The summed E-state index contributed by atoms with van der Waals surface area (Å²) in [7, 11) is 0. The highest BCUT2D eigenvalue weighted by molar-refractivity contribution is 5.56.